The number of ether oxygens (including phenoxy) is 3. The molecule has 1 aromatic carbocycles. The van der Waals surface area contributed by atoms with E-state index in [0.717, 1.165) is 36.6 Å². The van der Waals surface area contributed by atoms with Gasteiger partial charge >= 0.3 is 0 Å². The van der Waals surface area contributed by atoms with Crippen LogP contribution in [0.4, 0.5) is 5.69 Å². The molecule has 31 heavy (non-hydrogen) atoms. The zero-order chi connectivity index (χ0) is 21.0. The summed E-state index contributed by atoms with van der Waals surface area (Å²) in [6, 6.07) is 11.8. The van der Waals surface area contributed by atoms with Crippen LogP contribution in [-0.4, -0.2) is 44.4 Å². The number of hydrogen-bond acceptors (Lipinski definition) is 5. The number of benzene rings is 1. The lowest BCUT2D eigenvalue weighted by Crippen LogP contribution is -2.30. The Morgan fingerprint density at radius 3 is 2.81 bits per heavy atom. The smallest absolute Gasteiger partial charge is 0.213 e. The van der Waals surface area contributed by atoms with Gasteiger partial charge in [-0.3, -0.25) is 0 Å². The fourth-order valence-electron chi connectivity index (χ4n) is 2.79. The molecule has 0 bridgehead atoms. The molecular formula is C23H33IN4O3. The van der Waals surface area contributed by atoms with Crippen molar-refractivity contribution in [1.29, 1.82) is 0 Å². The van der Waals surface area contributed by atoms with Gasteiger partial charge in [0.1, 0.15) is 5.75 Å². The van der Waals surface area contributed by atoms with Crippen molar-refractivity contribution in [2.75, 3.05) is 38.8 Å². The van der Waals surface area contributed by atoms with Crippen molar-refractivity contribution in [3.05, 3.63) is 48.2 Å². The second kappa shape index (κ2) is 14.1. The molecule has 0 radical (unpaired) electrons. The van der Waals surface area contributed by atoms with Gasteiger partial charge in [-0.05, 0) is 49.4 Å². The maximum atomic E-state index is 5.78. The van der Waals surface area contributed by atoms with Gasteiger partial charge < -0.3 is 24.8 Å². The Labute approximate surface area is 202 Å². The van der Waals surface area contributed by atoms with Crippen LogP contribution >= 0.6 is 24.0 Å². The zero-order valence-corrected chi connectivity index (χ0v) is 20.6. The largest absolute Gasteiger partial charge is 0.493 e. The Hall–Kier alpha value is -2.07. The molecule has 170 valence electrons. The predicted octanol–water partition coefficient (Wildman–Crippen LogP) is 4.48. The molecule has 7 nitrogen and oxygen atoms in total. The molecule has 0 spiro atoms. The van der Waals surface area contributed by atoms with E-state index in [0.29, 0.717) is 37.5 Å². The number of rotatable bonds is 12. The van der Waals surface area contributed by atoms with Crippen LogP contribution < -0.4 is 20.1 Å². The summed E-state index contributed by atoms with van der Waals surface area (Å²) in [5.74, 6) is 2.91. The van der Waals surface area contributed by atoms with Crippen LogP contribution in [0, 0.1) is 5.92 Å². The molecule has 1 aliphatic carbocycles. The number of aromatic nitrogens is 1. The van der Waals surface area contributed by atoms with Crippen LogP contribution in [0.5, 0.6) is 11.6 Å². The van der Waals surface area contributed by atoms with E-state index in [1.165, 1.54) is 12.8 Å². The van der Waals surface area contributed by atoms with Gasteiger partial charge in [0.05, 0.1) is 19.8 Å². The van der Waals surface area contributed by atoms with Crippen molar-refractivity contribution in [1.82, 2.24) is 10.3 Å². The van der Waals surface area contributed by atoms with Crippen LogP contribution in [0.25, 0.3) is 0 Å². The molecular weight excluding hydrogens is 507 g/mol. The van der Waals surface area contributed by atoms with Gasteiger partial charge in [-0.2, -0.15) is 0 Å². The number of pyridine rings is 1. The van der Waals surface area contributed by atoms with Gasteiger partial charge in [-0.25, -0.2) is 9.98 Å². The van der Waals surface area contributed by atoms with E-state index in [4.69, 9.17) is 19.2 Å². The second-order valence-corrected chi connectivity index (χ2v) is 7.30. The third kappa shape index (κ3) is 9.73. The minimum Gasteiger partial charge on any atom is -0.493 e. The van der Waals surface area contributed by atoms with Crippen LogP contribution in [0.3, 0.4) is 0 Å². The van der Waals surface area contributed by atoms with E-state index in [2.05, 4.69) is 15.6 Å². The Bertz CT molecular complexity index is 815. The van der Waals surface area contributed by atoms with Crippen molar-refractivity contribution in [3.8, 4) is 11.6 Å². The van der Waals surface area contributed by atoms with Gasteiger partial charge in [-0.1, -0.05) is 6.07 Å². The lowest BCUT2D eigenvalue weighted by Gasteiger charge is -2.13. The molecule has 1 fully saturated rings. The summed E-state index contributed by atoms with van der Waals surface area (Å²) in [5, 5.41) is 6.62. The normalized spacial score (nSPS) is 13.3. The van der Waals surface area contributed by atoms with E-state index < -0.39 is 0 Å². The number of anilines is 1. The first-order valence-electron chi connectivity index (χ1n) is 10.6. The highest BCUT2D eigenvalue weighted by molar-refractivity contribution is 14.0. The predicted molar refractivity (Wildman–Crippen MR) is 135 cm³/mol. The maximum Gasteiger partial charge on any atom is 0.213 e. The fourth-order valence-corrected chi connectivity index (χ4v) is 2.79. The molecule has 0 amide bonds. The first-order chi connectivity index (χ1) is 14.8. The summed E-state index contributed by atoms with van der Waals surface area (Å²) in [7, 11) is 1.69. The van der Waals surface area contributed by atoms with Crippen LogP contribution in [0.2, 0.25) is 0 Å². The van der Waals surface area contributed by atoms with Gasteiger partial charge in [0.25, 0.3) is 0 Å². The first kappa shape index (κ1) is 25.2. The van der Waals surface area contributed by atoms with Crippen LogP contribution in [0.1, 0.15) is 31.7 Å². The monoisotopic (exact) mass is 540 g/mol. The zero-order valence-electron chi connectivity index (χ0n) is 18.3. The minimum atomic E-state index is 0. The van der Waals surface area contributed by atoms with Crippen molar-refractivity contribution in [3.63, 3.8) is 0 Å². The lowest BCUT2D eigenvalue weighted by molar-refractivity contribution is 0.172. The molecule has 1 aromatic heterocycles. The van der Waals surface area contributed by atoms with E-state index >= 15 is 0 Å². The molecule has 1 aliphatic rings. The molecule has 0 unspecified atom stereocenters. The van der Waals surface area contributed by atoms with Crippen LogP contribution in [0.15, 0.2) is 47.6 Å². The lowest BCUT2D eigenvalue weighted by atomic mass is 10.2. The van der Waals surface area contributed by atoms with E-state index in [-0.39, 0.29) is 24.0 Å². The molecule has 0 aliphatic heterocycles. The highest BCUT2D eigenvalue weighted by Crippen LogP contribution is 2.29. The summed E-state index contributed by atoms with van der Waals surface area (Å²) in [6.45, 7) is 5.42. The topological polar surface area (TPSA) is 77.0 Å². The minimum absolute atomic E-state index is 0. The number of aliphatic imine (C=N–C) groups is 1. The Balaban J connectivity index is 0.00000341. The van der Waals surface area contributed by atoms with Gasteiger partial charge in [0, 0.05) is 50.7 Å². The molecule has 1 heterocycles. The average Bonchev–Trinajstić information content (AvgIpc) is 3.59. The van der Waals surface area contributed by atoms with Gasteiger partial charge in [0.2, 0.25) is 5.88 Å². The Kier molecular flexibility index (Phi) is 11.4. The Morgan fingerprint density at radius 2 is 2.03 bits per heavy atom. The third-order valence-corrected chi connectivity index (χ3v) is 4.59. The van der Waals surface area contributed by atoms with Crippen molar-refractivity contribution in [2.45, 2.75) is 32.7 Å². The standard InChI is InChI=1S/C23H32N4O3.HI/c1-3-24-23(27-20-6-4-7-21(15-20)29-13-5-12-28-2)26-16-19-10-11-25-22(14-19)30-17-18-8-9-18;/h4,6-7,10-11,14-15,18H,3,5,8-9,12-13,16-17H2,1-2H3,(H2,24,26,27);1H. The molecule has 3 rings (SSSR count). The molecule has 2 aromatic rings. The van der Waals surface area contributed by atoms with E-state index in [1.54, 1.807) is 13.3 Å². The SMILES string of the molecule is CCNC(=NCc1ccnc(OCC2CC2)c1)Nc1cccc(OCCCOC)c1.I. The summed E-state index contributed by atoms with van der Waals surface area (Å²) in [5.41, 5.74) is 1.98. The first-order valence-corrected chi connectivity index (χ1v) is 10.6. The molecule has 8 heteroatoms. The summed E-state index contributed by atoms with van der Waals surface area (Å²) in [4.78, 5) is 8.99. The van der Waals surface area contributed by atoms with E-state index in [1.807, 2.05) is 43.3 Å². The Morgan fingerprint density at radius 1 is 1.16 bits per heavy atom. The van der Waals surface area contributed by atoms with Crippen molar-refractivity contribution >= 4 is 35.6 Å². The summed E-state index contributed by atoms with van der Waals surface area (Å²) < 4.78 is 16.6. The van der Waals surface area contributed by atoms with Crippen molar-refractivity contribution in [2.24, 2.45) is 10.9 Å². The third-order valence-electron chi connectivity index (χ3n) is 4.59. The highest BCUT2D eigenvalue weighted by Gasteiger charge is 2.22. The van der Waals surface area contributed by atoms with E-state index in [9.17, 15) is 0 Å². The van der Waals surface area contributed by atoms with Gasteiger partial charge in [0.15, 0.2) is 5.96 Å². The highest BCUT2D eigenvalue weighted by atomic mass is 127. The number of methoxy groups -OCH3 is 1. The second-order valence-electron chi connectivity index (χ2n) is 7.30. The molecule has 0 atom stereocenters. The summed E-state index contributed by atoms with van der Waals surface area (Å²) >= 11 is 0. The number of halogens is 1. The fraction of sp³-hybridized carbons (Fsp3) is 0.478. The molecule has 2 N–H and O–H groups in total. The maximum absolute atomic E-state index is 5.78. The number of nitrogens with one attached hydrogen (secondary N) is 2. The van der Waals surface area contributed by atoms with Crippen LogP contribution in [-0.2, 0) is 11.3 Å². The van der Waals surface area contributed by atoms with Crippen molar-refractivity contribution < 1.29 is 14.2 Å². The average molecular weight is 540 g/mol. The summed E-state index contributed by atoms with van der Waals surface area (Å²) in [6.07, 6.45) is 5.16. The number of hydrogen-bond donors (Lipinski definition) is 2. The van der Waals surface area contributed by atoms with Gasteiger partial charge in [-0.15, -0.1) is 24.0 Å². The number of guanidine groups is 1. The molecule has 0 saturated heterocycles. The molecule has 1 saturated carbocycles. The number of nitrogens with zero attached hydrogens (tertiary/aromatic N) is 2. The quantitative estimate of drug-likeness (QED) is 0.179.